The number of carbonyl (C=O) groups excluding carboxylic acids is 2. The molecule has 0 bridgehead atoms. The van der Waals surface area contributed by atoms with E-state index in [2.05, 4.69) is 16.0 Å². The topological polar surface area (TPSA) is 106 Å². The zero-order chi connectivity index (χ0) is 28.7. The van der Waals surface area contributed by atoms with E-state index >= 15 is 0 Å². The Morgan fingerprint density at radius 3 is 2.49 bits per heavy atom. The standard InChI is InChI=1S/C28H35ClFN5O4/c1-6-39-23-15-21(30)20(29)14-19(23)26(37)32-17-28(2,3)16-24(36)33-25-22(12-13-31-4)34(5)35(27(25)38)18-10-8-7-9-11-18/h7-11,14-15,31H,6,12-13,16-17H2,1-5H3,(H,32,37)(H,33,36). The lowest BCUT2D eigenvalue weighted by Crippen LogP contribution is -2.37. The Morgan fingerprint density at radius 2 is 1.85 bits per heavy atom. The zero-order valence-corrected chi connectivity index (χ0v) is 23.6. The molecular weight excluding hydrogens is 525 g/mol. The molecule has 0 radical (unpaired) electrons. The minimum atomic E-state index is -0.685. The molecule has 0 spiro atoms. The van der Waals surface area contributed by atoms with Gasteiger partial charge in [-0.15, -0.1) is 0 Å². The molecule has 0 unspecified atom stereocenters. The lowest BCUT2D eigenvalue weighted by molar-refractivity contribution is -0.118. The Balaban J connectivity index is 1.75. The second-order valence-electron chi connectivity index (χ2n) is 9.92. The number of nitrogens with one attached hydrogen (secondary N) is 3. The third-order valence-corrected chi connectivity index (χ3v) is 6.49. The Labute approximate surface area is 232 Å². The summed E-state index contributed by atoms with van der Waals surface area (Å²) < 4.78 is 22.5. The fourth-order valence-corrected chi connectivity index (χ4v) is 4.40. The fourth-order valence-electron chi connectivity index (χ4n) is 4.24. The summed E-state index contributed by atoms with van der Waals surface area (Å²) in [6.07, 6.45) is 0.556. The first-order valence-electron chi connectivity index (χ1n) is 12.7. The predicted molar refractivity (Wildman–Crippen MR) is 151 cm³/mol. The molecule has 39 heavy (non-hydrogen) atoms. The van der Waals surface area contributed by atoms with Gasteiger partial charge in [0.1, 0.15) is 17.3 Å². The van der Waals surface area contributed by atoms with Gasteiger partial charge in [-0.3, -0.25) is 19.1 Å². The van der Waals surface area contributed by atoms with E-state index < -0.39 is 17.1 Å². The molecule has 11 heteroatoms. The molecule has 0 atom stereocenters. The van der Waals surface area contributed by atoms with Gasteiger partial charge in [0.05, 0.1) is 28.6 Å². The first-order chi connectivity index (χ1) is 18.5. The second kappa shape index (κ2) is 12.9. The van der Waals surface area contributed by atoms with Gasteiger partial charge in [0.25, 0.3) is 11.5 Å². The molecule has 0 aliphatic rings. The highest BCUT2D eigenvalue weighted by atomic mass is 35.5. The van der Waals surface area contributed by atoms with Gasteiger partial charge >= 0.3 is 0 Å². The number of para-hydroxylation sites is 1. The van der Waals surface area contributed by atoms with Crippen molar-refractivity contribution in [2.24, 2.45) is 12.5 Å². The molecule has 0 fully saturated rings. The van der Waals surface area contributed by atoms with Crippen LogP contribution in [0.25, 0.3) is 5.69 Å². The molecule has 1 aromatic heterocycles. The maximum atomic E-state index is 13.9. The minimum Gasteiger partial charge on any atom is -0.493 e. The lowest BCUT2D eigenvalue weighted by atomic mass is 9.88. The zero-order valence-electron chi connectivity index (χ0n) is 22.9. The molecule has 2 amide bonds. The number of anilines is 1. The third-order valence-electron chi connectivity index (χ3n) is 6.20. The van der Waals surface area contributed by atoms with E-state index in [-0.39, 0.29) is 53.1 Å². The van der Waals surface area contributed by atoms with Crippen LogP contribution in [0.3, 0.4) is 0 Å². The van der Waals surface area contributed by atoms with Gasteiger partial charge in [0.15, 0.2) is 0 Å². The van der Waals surface area contributed by atoms with Crippen molar-refractivity contribution in [2.75, 3.05) is 32.1 Å². The maximum absolute atomic E-state index is 13.9. The molecular formula is C28H35ClFN5O4. The van der Waals surface area contributed by atoms with E-state index in [1.54, 1.807) is 18.7 Å². The van der Waals surface area contributed by atoms with Gasteiger partial charge in [-0.05, 0) is 37.6 Å². The van der Waals surface area contributed by atoms with Crippen LogP contribution in [-0.2, 0) is 18.3 Å². The van der Waals surface area contributed by atoms with E-state index in [4.69, 9.17) is 16.3 Å². The van der Waals surface area contributed by atoms with Crippen molar-refractivity contribution >= 4 is 29.1 Å². The van der Waals surface area contributed by atoms with Gasteiger partial charge in [0.2, 0.25) is 5.91 Å². The summed E-state index contributed by atoms with van der Waals surface area (Å²) >= 11 is 5.88. The third kappa shape index (κ3) is 7.27. The number of benzene rings is 2. The first-order valence-corrected chi connectivity index (χ1v) is 13.1. The number of carbonyl (C=O) groups is 2. The molecule has 0 saturated carbocycles. The van der Waals surface area contributed by atoms with Crippen molar-refractivity contribution in [1.82, 2.24) is 20.0 Å². The second-order valence-corrected chi connectivity index (χ2v) is 10.3. The number of ether oxygens (including phenoxy) is 1. The van der Waals surface area contributed by atoms with Crippen molar-refractivity contribution in [1.29, 1.82) is 0 Å². The predicted octanol–water partition coefficient (Wildman–Crippen LogP) is 3.91. The largest absolute Gasteiger partial charge is 0.493 e. The number of nitrogens with zero attached hydrogens (tertiary/aromatic N) is 2. The SMILES string of the molecule is CCOc1cc(F)c(Cl)cc1C(=O)NCC(C)(C)CC(=O)Nc1c(CCNC)n(C)n(-c2ccccc2)c1=O. The Morgan fingerprint density at radius 1 is 1.15 bits per heavy atom. The lowest BCUT2D eigenvalue weighted by Gasteiger charge is -2.24. The Bertz CT molecular complexity index is 1380. The number of amides is 2. The molecule has 0 aliphatic heterocycles. The van der Waals surface area contributed by atoms with Crippen LogP contribution in [0.2, 0.25) is 5.02 Å². The van der Waals surface area contributed by atoms with Gasteiger partial charge in [0, 0.05) is 39.0 Å². The molecule has 1 heterocycles. The van der Waals surface area contributed by atoms with E-state index in [0.717, 1.165) is 6.07 Å². The average molecular weight is 560 g/mol. The van der Waals surface area contributed by atoms with Crippen LogP contribution in [0.1, 0.15) is 43.2 Å². The number of aromatic nitrogens is 2. The van der Waals surface area contributed by atoms with Crippen LogP contribution in [0.4, 0.5) is 10.1 Å². The van der Waals surface area contributed by atoms with Crippen molar-refractivity contribution < 1.29 is 18.7 Å². The normalized spacial score (nSPS) is 11.4. The Hall–Kier alpha value is -3.63. The van der Waals surface area contributed by atoms with Crippen LogP contribution in [-0.4, -0.2) is 47.9 Å². The smallest absolute Gasteiger partial charge is 0.295 e. The molecule has 3 N–H and O–H groups in total. The average Bonchev–Trinajstić information content (AvgIpc) is 3.11. The summed E-state index contributed by atoms with van der Waals surface area (Å²) in [4.78, 5) is 39.4. The van der Waals surface area contributed by atoms with E-state index in [0.29, 0.717) is 24.3 Å². The van der Waals surface area contributed by atoms with Crippen LogP contribution < -0.4 is 26.2 Å². The van der Waals surface area contributed by atoms with Gasteiger partial charge in [-0.25, -0.2) is 9.07 Å². The highest BCUT2D eigenvalue weighted by Gasteiger charge is 2.27. The minimum absolute atomic E-state index is 0.0287. The monoisotopic (exact) mass is 559 g/mol. The van der Waals surface area contributed by atoms with Crippen LogP contribution in [0.15, 0.2) is 47.3 Å². The molecule has 3 aromatic rings. The maximum Gasteiger partial charge on any atom is 0.295 e. The van der Waals surface area contributed by atoms with Gasteiger partial charge in [-0.2, -0.15) is 0 Å². The van der Waals surface area contributed by atoms with E-state index in [9.17, 15) is 18.8 Å². The number of rotatable bonds is 12. The summed E-state index contributed by atoms with van der Waals surface area (Å²) in [7, 11) is 3.60. The molecule has 2 aromatic carbocycles. The van der Waals surface area contributed by atoms with E-state index in [1.165, 1.54) is 10.7 Å². The molecule has 0 aliphatic carbocycles. The molecule has 3 rings (SSSR count). The van der Waals surface area contributed by atoms with Crippen molar-refractivity contribution in [3.05, 3.63) is 74.9 Å². The number of likely N-dealkylation sites (N-methyl/N-ethyl adjacent to an activating group) is 1. The quantitative estimate of drug-likeness (QED) is 0.312. The Kier molecular flexibility index (Phi) is 9.93. The molecule has 0 saturated heterocycles. The van der Waals surface area contributed by atoms with Crippen molar-refractivity contribution in [3.63, 3.8) is 0 Å². The van der Waals surface area contributed by atoms with Gasteiger partial charge in [-0.1, -0.05) is 43.6 Å². The fraction of sp³-hybridized carbons (Fsp3) is 0.393. The summed E-state index contributed by atoms with van der Waals surface area (Å²) in [5.74, 6) is -1.46. The number of halogens is 2. The van der Waals surface area contributed by atoms with Crippen LogP contribution in [0, 0.1) is 11.2 Å². The summed E-state index contributed by atoms with van der Waals surface area (Å²) in [6.45, 7) is 6.36. The highest BCUT2D eigenvalue weighted by Crippen LogP contribution is 2.27. The summed E-state index contributed by atoms with van der Waals surface area (Å²) in [6, 6.07) is 11.5. The first kappa shape index (κ1) is 29.9. The van der Waals surface area contributed by atoms with Crippen LogP contribution >= 0.6 is 11.6 Å². The number of hydrogen-bond donors (Lipinski definition) is 3. The highest BCUT2D eigenvalue weighted by molar-refractivity contribution is 6.31. The van der Waals surface area contributed by atoms with Crippen molar-refractivity contribution in [2.45, 2.75) is 33.6 Å². The summed E-state index contributed by atoms with van der Waals surface area (Å²) in [5.41, 5.74) is 0.701. The molecule has 9 nitrogen and oxygen atoms in total. The number of hydrogen-bond acceptors (Lipinski definition) is 5. The van der Waals surface area contributed by atoms with Crippen molar-refractivity contribution in [3.8, 4) is 11.4 Å². The summed E-state index contributed by atoms with van der Waals surface area (Å²) in [5, 5.41) is 8.48. The van der Waals surface area contributed by atoms with Crippen LogP contribution in [0.5, 0.6) is 5.75 Å². The molecule has 210 valence electrons. The van der Waals surface area contributed by atoms with E-state index in [1.807, 2.05) is 51.2 Å². The van der Waals surface area contributed by atoms with Gasteiger partial charge < -0.3 is 20.7 Å².